The van der Waals surface area contributed by atoms with Crippen LogP contribution in [0.3, 0.4) is 0 Å². The third kappa shape index (κ3) is 4.53. The molecule has 2 saturated heterocycles. The predicted molar refractivity (Wildman–Crippen MR) is 95.5 cm³/mol. The number of rotatable bonds is 5. The summed E-state index contributed by atoms with van der Waals surface area (Å²) in [5.41, 5.74) is 1.07. The lowest BCUT2D eigenvalue weighted by atomic mass is 9.93. The topological polar surface area (TPSA) is 48.0 Å². The molecule has 0 saturated carbocycles. The molecule has 0 aromatic heterocycles. The van der Waals surface area contributed by atoms with Gasteiger partial charge in [-0.05, 0) is 38.7 Å². The molecule has 1 aromatic carbocycles. The predicted octanol–water partition coefficient (Wildman–Crippen LogP) is 3.02. The fourth-order valence-electron chi connectivity index (χ4n) is 3.75. The number of benzene rings is 1. The lowest BCUT2D eigenvalue weighted by molar-refractivity contribution is -0.146. The molecule has 0 radical (unpaired) electrons. The van der Waals surface area contributed by atoms with Crippen molar-refractivity contribution < 1.29 is 19.0 Å². The van der Waals surface area contributed by atoms with Gasteiger partial charge in [0.1, 0.15) is 5.75 Å². The standard InChI is InChI=1S/C20H29NO4/c1-15-18(7-5-13-24-15)20(22)21-11-9-17(10-12-21)25-14-16-6-3-4-8-19(16)23-2/h3-4,6,8,15,17-18H,5,7,9-14H2,1-2H3/t15-,18+/m1/s1. The minimum atomic E-state index is 0.0276. The van der Waals surface area contributed by atoms with Crippen LogP contribution in [0.2, 0.25) is 0 Å². The number of para-hydroxylation sites is 1. The van der Waals surface area contributed by atoms with Gasteiger partial charge in [0.25, 0.3) is 0 Å². The first-order valence-corrected chi connectivity index (χ1v) is 9.33. The van der Waals surface area contributed by atoms with Crippen LogP contribution in [0.1, 0.15) is 38.2 Å². The van der Waals surface area contributed by atoms with E-state index in [1.165, 1.54) is 0 Å². The number of amides is 1. The van der Waals surface area contributed by atoms with Gasteiger partial charge in [-0.1, -0.05) is 18.2 Å². The molecule has 0 N–H and O–H groups in total. The van der Waals surface area contributed by atoms with E-state index in [-0.39, 0.29) is 24.0 Å². The van der Waals surface area contributed by atoms with E-state index in [0.29, 0.717) is 6.61 Å². The Morgan fingerprint density at radius 1 is 1.24 bits per heavy atom. The number of hydrogen-bond acceptors (Lipinski definition) is 4. The van der Waals surface area contributed by atoms with Crippen molar-refractivity contribution in [3.8, 4) is 5.75 Å². The van der Waals surface area contributed by atoms with Gasteiger partial charge in [-0.3, -0.25) is 4.79 Å². The third-order valence-electron chi connectivity index (χ3n) is 5.34. The molecule has 2 atom stereocenters. The summed E-state index contributed by atoms with van der Waals surface area (Å²) in [6.45, 7) is 4.90. The summed E-state index contributed by atoms with van der Waals surface area (Å²) in [6.07, 6.45) is 3.96. The van der Waals surface area contributed by atoms with Crippen LogP contribution >= 0.6 is 0 Å². The number of nitrogens with zero attached hydrogens (tertiary/aromatic N) is 1. The first-order valence-electron chi connectivity index (χ1n) is 9.33. The highest BCUT2D eigenvalue weighted by Gasteiger charge is 2.33. The Balaban J connectivity index is 1.46. The molecular weight excluding hydrogens is 318 g/mol. The largest absolute Gasteiger partial charge is 0.496 e. The van der Waals surface area contributed by atoms with E-state index in [1.54, 1.807) is 7.11 Å². The average Bonchev–Trinajstić information content (AvgIpc) is 2.67. The summed E-state index contributed by atoms with van der Waals surface area (Å²) in [4.78, 5) is 14.7. The quantitative estimate of drug-likeness (QED) is 0.821. The molecule has 2 aliphatic heterocycles. The maximum absolute atomic E-state index is 12.7. The van der Waals surface area contributed by atoms with Crippen molar-refractivity contribution in [3.63, 3.8) is 0 Å². The number of methoxy groups -OCH3 is 1. The zero-order chi connectivity index (χ0) is 17.6. The number of piperidine rings is 1. The van der Waals surface area contributed by atoms with Gasteiger partial charge in [-0.25, -0.2) is 0 Å². The fraction of sp³-hybridized carbons (Fsp3) is 0.650. The van der Waals surface area contributed by atoms with Crippen LogP contribution in [-0.2, 0) is 20.9 Å². The smallest absolute Gasteiger partial charge is 0.228 e. The number of carbonyl (C=O) groups excluding carboxylic acids is 1. The van der Waals surface area contributed by atoms with Crippen LogP contribution in [0.4, 0.5) is 0 Å². The third-order valence-corrected chi connectivity index (χ3v) is 5.34. The zero-order valence-electron chi connectivity index (χ0n) is 15.3. The lowest BCUT2D eigenvalue weighted by Crippen LogP contribution is -2.47. The monoisotopic (exact) mass is 347 g/mol. The van der Waals surface area contributed by atoms with E-state index < -0.39 is 0 Å². The maximum atomic E-state index is 12.7. The summed E-state index contributed by atoms with van der Waals surface area (Å²) in [6, 6.07) is 7.94. The summed E-state index contributed by atoms with van der Waals surface area (Å²) >= 11 is 0. The van der Waals surface area contributed by atoms with E-state index in [1.807, 2.05) is 36.1 Å². The molecule has 2 aliphatic rings. The summed E-state index contributed by atoms with van der Waals surface area (Å²) in [5.74, 6) is 1.15. The molecule has 5 nitrogen and oxygen atoms in total. The highest BCUT2D eigenvalue weighted by molar-refractivity contribution is 5.79. The van der Waals surface area contributed by atoms with Crippen molar-refractivity contribution in [1.82, 2.24) is 4.90 Å². The van der Waals surface area contributed by atoms with Crippen molar-refractivity contribution in [1.29, 1.82) is 0 Å². The molecule has 0 aliphatic carbocycles. The lowest BCUT2D eigenvalue weighted by Gasteiger charge is -2.37. The summed E-state index contributed by atoms with van der Waals surface area (Å²) in [5, 5.41) is 0. The van der Waals surface area contributed by atoms with Crippen molar-refractivity contribution in [2.24, 2.45) is 5.92 Å². The Hall–Kier alpha value is -1.59. The molecule has 3 rings (SSSR count). The summed E-state index contributed by atoms with van der Waals surface area (Å²) < 4.78 is 17.1. The van der Waals surface area contributed by atoms with Gasteiger partial charge in [0.2, 0.25) is 5.91 Å². The van der Waals surface area contributed by atoms with Crippen molar-refractivity contribution >= 4 is 5.91 Å². The average molecular weight is 347 g/mol. The number of carbonyl (C=O) groups is 1. The van der Waals surface area contributed by atoms with E-state index in [0.717, 1.165) is 56.7 Å². The molecule has 1 amide bonds. The van der Waals surface area contributed by atoms with E-state index in [4.69, 9.17) is 14.2 Å². The Bertz CT molecular complexity index is 569. The van der Waals surface area contributed by atoms with Crippen LogP contribution < -0.4 is 4.74 Å². The number of ether oxygens (including phenoxy) is 3. The van der Waals surface area contributed by atoms with Crippen molar-refractivity contribution in [3.05, 3.63) is 29.8 Å². The first-order chi connectivity index (χ1) is 12.2. The van der Waals surface area contributed by atoms with Gasteiger partial charge in [-0.2, -0.15) is 0 Å². The Labute approximate surface area is 150 Å². The number of hydrogen-bond donors (Lipinski definition) is 0. The minimum Gasteiger partial charge on any atom is -0.496 e. The highest BCUT2D eigenvalue weighted by Crippen LogP contribution is 2.26. The highest BCUT2D eigenvalue weighted by atomic mass is 16.5. The second-order valence-corrected chi connectivity index (χ2v) is 6.97. The first kappa shape index (κ1) is 18.2. The molecule has 25 heavy (non-hydrogen) atoms. The molecule has 0 spiro atoms. The Kier molecular flexibility index (Phi) is 6.32. The van der Waals surface area contributed by atoms with E-state index >= 15 is 0 Å². The van der Waals surface area contributed by atoms with Gasteiger partial charge in [0.05, 0.1) is 31.8 Å². The SMILES string of the molecule is COc1ccccc1COC1CCN(C(=O)[C@H]2CCCO[C@@H]2C)CC1. The fourth-order valence-corrected chi connectivity index (χ4v) is 3.75. The van der Waals surface area contributed by atoms with Crippen LogP contribution in [0.15, 0.2) is 24.3 Å². The van der Waals surface area contributed by atoms with Crippen LogP contribution in [0, 0.1) is 5.92 Å². The van der Waals surface area contributed by atoms with E-state index in [2.05, 4.69) is 0 Å². The van der Waals surface area contributed by atoms with Gasteiger partial charge in [0, 0.05) is 25.3 Å². The van der Waals surface area contributed by atoms with Gasteiger partial charge in [0.15, 0.2) is 0 Å². The molecule has 2 heterocycles. The Morgan fingerprint density at radius 2 is 2.00 bits per heavy atom. The molecular formula is C20H29NO4. The molecule has 2 fully saturated rings. The van der Waals surface area contributed by atoms with Crippen LogP contribution in [0.25, 0.3) is 0 Å². The molecule has 0 bridgehead atoms. The normalized spacial score (nSPS) is 25.0. The molecule has 138 valence electrons. The molecule has 5 heteroatoms. The van der Waals surface area contributed by atoms with Gasteiger partial charge >= 0.3 is 0 Å². The zero-order valence-corrected chi connectivity index (χ0v) is 15.3. The minimum absolute atomic E-state index is 0.0276. The maximum Gasteiger partial charge on any atom is 0.228 e. The Morgan fingerprint density at radius 3 is 2.72 bits per heavy atom. The molecule has 1 aromatic rings. The van der Waals surface area contributed by atoms with Crippen LogP contribution in [0.5, 0.6) is 5.75 Å². The van der Waals surface area contributed by atoms with Crippen LogP contribution in [-0.4, -0.2) is 49.8 Å². The number of likely N-dealkylation sites (tertiary alicyclic amines) is 1. The summed E-state index contributed by atoms with van der Waals surface area (Å²) in [7, 11) is 1.68. The second-order valence-electron chi connectivity index (χ2n) is 6.97. The molecule has 0 unspecified atom stereocenters. The second kappa shape index (κ2) is 8.68. The van der Waals surface area contributed by atoms with Gasteiger partial charge < -0.3 is 19.1 Å². The van der Waals surface area contributed by atoms with E-state index in [9.17, 15) is 4.79 Å². The van der Waals surface area contributed by atoms with Crippen molar-refractivity contribution in [2.75, 3.05) is 26.8 Å². The van der Waals surface area contributed by atoms with Gasteiger partial charge in [-0.15, -0.1) is 0 Å². The van der Waals surface area contributed by atoms with Crippen molar-refractivity contribution in [2.45, 2.75) is 51.4 Å².